The number of aryl methyl sites for hydroxylation is 1. The Kier molecular flexibility index (Phi) is 2.44. The number of fused-ring (bicyclic) bond motifs is 3. The summed E-state index contributed by atoms with van der Waals surface area (Å²) in [7, 11) is 0. The highest BCUT2D eigenvalue weighted by Crippen LogP contribution is 2.38. The largest absolute Gasteiger partial charge is 0.488 e. The predicted molar refractivity (Wildman–Crippen MR) is 69.2 cm³/mol. The van der Waals surface area contributed by atoms with Crippen molar-refractivity contribution in [3.8, 4) is 5.75 Å². The van der Waals surface area contributed by atoms with E-state index in [1.54, 1.807) is 12.3 Å². The summed E-state index contributed by atoms with van der Waals surface area (Å²) >= 11 is 0. The first kappa shape index (κ1) is 11.3. The van der Waals surface area contributed by atoms with E-state index in [1.165, 1.54) is 0 Å². The number of rotatable bonds is 1. The molecule has 94 valence electrons. The summed E-state index contributed by atoms with van der Waals surface area (Å²) in [5.74, 6) is 1.19. The van der Waals surface area contributed by atoms with Crippen LogP contribution >= 0.6 is 0 Å². The van der Waals surface area contributed by atoms with Crippen LogP contribution in [-0.2, 0) is 0 Å². The molecule has 18 heavy (non-hydrogen) atoms. The molecule has 1 aromatic carbocycles. The summed E-state index contributed by atoms with van der Waals surface area (Å²) in [6.07, 6.45) is 2.13. The van der Waals surface area contributed by atoms with E-state index in [1.807, 2.05) is 13.0 Å². The van der Waals surface area contributed by atoms with Crippen molar-refractivity contribution in [1.82, 2.24) is 0 Å². The van der Waals surface area contributed by atoms with Gasteiger partial charge in [-0.05, 0) is 30.5 Å². The molecule has 0 spiro atoms. The molecule has 1 atom stereocenters. The Morgan fingerprint density at radius 2 is 2.11 bits per heavy atom. The van der Waals surface area contributed by atoms with Crippen LogP contribution in [0.15, 0.2) is 22.8 Å². The molecule has 0 fully saturated rings. The Balaban J connectivity index is 2.22. The van der Waals surface area contributed by atoms with Crippen molar-refractivity contribution in [1.29, 1.82) is 0 Å². The molecule has 0 radical (unpaired) electrons. The minimum atomic E-state index is -0.0371. The van der Waals surface area contributed by atoms with Gasteiger partial charge >= 0.3 is 0 Å². The molecule has 0 saturated carbocycles. The summed E-state index contributed by atoms with van der Waals surface area (Å²) in [4.78, 5) is 12.2. The fourth-order valence-electron chi connectivity index (χ4n) is 2.45. The first-order chi connectivity index (χ1) is 8.58. The molecule has 3 nitrogen and oxygen atoms in total. The Hall–Kier alpha value is -1.77. The number of ketones is 1. The van der Waals surface area contributed by atoms with Gasteiger partial charge in [0.25, 0.3) is 0 Å². The van der Waals surface area contributed by atoms with Crippen LogP contribution in [0.4, 0.5) is 0 Å². The second-order valence-corrected chi connectivity index (χ2v) is 5.26. The van der Waals surface area contributed by atoms with Crippen LogP contribution in [0.3, 0.4) is 0 Å². The fraction of sp³-hybridized carbons (Fsp3) is 0.400. The maximum Gasteiger partial charge on any atom is 0.170 e. The van der Waals surface area contributed by atoms with Crippen LogP contribution in [0.25, 0.3) is 11.0 Å². The van der Waals surface area contributed by atoms with E-state index in [0.29, 0.717) is 23.7 Å². The minimum Gasteiger partial charge on any atom is -0.488 e. The number of hydrogen-bond donors (Lipinski definition) is 0. The summed E-state index contributed by atoms with van der Waals surface area (Å²) < 4.78 is 11.5. The highest BCUT2D eigenvalue weighted by atomic mass is 16.5. The monoisotopic (exact) mass is 244 g/mol. The second-order valence-electron chi connectivity index (χ2n) is 5.26. The summed E-state index contributed by atoms with van der Waals surface area (Å²) in [6, 6.07) is 3.65. The molecule has 1 aliphatic rings. The van der Waals surface area contributed by atoms with Crippen LogP contribution in [0.5, 0.6) is 5.75 Å². The normalized spacial score (nSPS) is 19.1. The molecule has 1 aromatic heterocycles. The zero-order valence-corrected chi connectivity index (χ0v) is 10.8. The third-order valence-corrected chi connectivity index (χ3v) is 3.58. The molecule has 0 amide bonds. The van der Waals surface area contributed by atoms with Crippen molar-refractivity contribution in [3.05, 3.63) is 29.5 Å². The number of carbonyl (C=O) groups excluding carboxylic acids is 1. The highest BCUT2D eigenvalue weighted by Gasteiger charge is 2.30. The van der Waals surface area contributed by atoms with Crippen LogP contribution in [0, 0.1) is 12.8 Å². The Morgan fingerprint density at radius 3 is 2.83 bits per heavy atom. The fourth-order valence-corrected chi connectivity index (χ4v) is 2.45. The van der Waals surface area contributed by atoms with Gasteiger partial charge in [0.15, 0.2) is 5.78 Å². The second kappa shape index (κ2) is 3.87. The van der Waals surface area contributed by atoms with Gasteiger partial charge in [0, 0.05) is 6.42 Å². The summed E-state index contributed by atoms with van der Waals surface area (Å²) in [6.45, 7) is 6.12. The van der Waals surface area contributed by atoms with E-state index in [2.05, 4.69) is 13.8 Å². The maximum absolute atomic E-state index is 12.2. The molecule has 2 heterocycles. The zero-order valence-electron chi connectivity index (χ0n) is 10.8. The van der Waals surface area contributed by atoms with Gasteiger partial charge in [-0.2, -0.15) is 0 Å². The lowest BCUT2D eigenvalue weighted by molar-refractivity contribution is 0.0778. The third-order valence-electron chi connectivity index (χ3n) is 3.58. The molecular formula is C15H16O3. The number of ether oxygens (including phenoxy) is 1. The van der Waals surface area contributed by atoms with Gasteiger partial charge in [-0.1, -0.05) is 13.8 Å². The SMILES string of the molecule is Cc1coc2ccc3c(c12)OC(C(C)C)CC3=O. The molecule has 0 saturated heterocycles. The van der Waals surface area contributed by atoms with Crippen LogP contribution < -0.4 is 4.74 Å². The van der Waals surface area contributed by atoms with Crippen molar-refractivity contribution < 1.29 is 13.9 Å². The molecule has 1 aliphatic heterocycles. The van der Waals surface area contributed by atoms with Gasteiger partial charge in [0.1, 0.15) is 17.4 Å². The number of furan rings is 1. The number of Topliss-reactive ketones (excluding diaryl/α,β-unsaturated/α-hetero) is 1. The summed E-state index contributed by atoms with van der Waals surface area (Å²) in [5.41, 5.74) is 2.48. The van der Waals surface area contributed by atoms with Crippen molar-refractivity contribution in [2.24, 2.45) is 5.92 Å². The van der Waals surface area contributed by atoms with Crippen LogP contribution in [0.2, 0.25) is 0 Å². The van der Waals surface area contributed by atoms with E-state index < -0.39 is 0 Å². The molecule has 2 aromatic rings. The lowest BCUT2D eigenvalue weighted by atomic mass is 9.93. The quantitative estimate of drug-likeness (QED) is 0.767. The summed E-state index contributed by atoms with van der Waals surface area (Å²) in [5, 5.41) is 0.936. The van der Waals surface area contributed by atoms with Gasteiger partial charge in [-0.25, -0.2) is 0 Å². The molecule has 1 unspecified atom stereocenters. The van der Waals surface area contributed by atoms with Gasteiger partial charge in [-0.3, -0.25) is 4.79 Å². The average molecular weight is 244 g/mol. The topological polar surface area (TPSA) is 39.4 Å². The molecule has 0 N–H and O–H groups in total. The lowest BCUT2D eigenvalue weighted by Crippen LogP contribution is -2.31. The van der Waals surface area contributed by atoms with Crippen molar-refractivity contribution in [2.75, 3.05) is 0 Å². The smallest absolute Gasteiger partial charge is 0.170 e. The van der Waals surface area contributed by atoms with Gasteiger partial charge in [0.2, 0.25) is 0 Å². The van der Waals surface area contributed by atoms with Crippen LogP contribution in [0.1, 0.15) is 36.2 Å². The van der Waals surface area contributed by atoms with E-state index in [4.69, 9.17) is 9.15 Å². The minimum absolute atomic E-state index is 0.0371. The lowest BCUT2D eigenvalue weighted by Gasteiger charge is -2.28. The molecule has 3 heteroatoms. The Bertz CT molecular complexity index is 622. The van der Waals surface area contributed by atoms with E-state index in [-0.39, 0.29) is 11.9 Å². The Morgan fingerprint density at radius 1 is 1.33 bits per heavy atom. The van der Waals surface area contributed by atoms with Crippen LogP contribution in [-0.4, -0.2) is 11.9 Å². The van der Waals surface area contributed by atoms with Crippen molar-refractivity contribution in [3.63, 3.8) is 0 Å². The predicted octanol–water partition coefficient (Wildman–Crippen LogP) is 3.73. The van der Waals surface area contributed by atoms with E-state index in [0.717, 1.165) is 16.5 Å². The molecule has 3 rings (SSSR count). The number of carbonyl (C=O) groups is 1. The van der Waals surface area contributed by atoms with Gasteiger partial charge in [0.05, 0.1) is 17.2 Å². The number of benzene rings is 1. The Labute approximate surface area is 106 Å². The standard InChI is InChI=1S/C15H16O3/c1-8(2)13-6-11(16)10-4-5-12-14(15(10)18-13)9(3)7-17-12/h4-5,7-8,13H,6H2,1-3H3. The highest BCUT2D eigenvalue weighted by molar-refractivity contribution is 6.05. The van der Waals surface area contributed by atoms with Crippen molar-refractivity contribution >= 4 is 16.8 Å². The average Bonchev–Trinajstić information content (AvgIpc) is 2.71. The van der Waals surface area contributed by atoms with Crippen molar-refractivity contribution in [2.45, 2.75) is 33.3 Å². The van der Waals surface area contributed by atoms with E-state index >= 15 is 0 Å². The molecule has 0 aliphatic carbocycles. The number of hydrogen-bond acceptors (Lipinski definition) is 3. The van der Waals surface area contributed by atoms with Gasteiger partial charge in [-0.15, -0.1) is 0 Å². The van der Waals surface area contributed by atoms with E-state index in [9.17, 15) is 4.79 Å². The molecular weight excluding hydrogens is 228 g/mol. The maximum atomic E-state index is 12.2. The molecule has 0 bridgehead atoms. The first-order valence-corrected chi connectivity index (χ1v) is 6.28. The zero-order chi connectivity index (χ0) is 12.9. The first-order valence-electron chi connectivity index (χ1n) is 6.28. The van der Waals surface area contributed by atoms with Gasteiger partial charge < -0.3 is 9.15 Å². The third kappa shape index (κ3) is 1.54.